The first-order valence-electron chi connectivity index (χ1n) is 9.63. The summed E-state index contributed by atoms with van der Waals surface area (Å²) in [5, 5.41) is 3.34. The van der Waals surface area contributed by atoms with Crippen LogP contribution in [0.25, 0.3) is 0 Å². The van der Waals surface area contributed by atoms with Gasteiger partial charge in [0, 0.05) is 57.4 Å². The fraction of sp³-hybridized carbons (Fsp3) is 0.684. The lowest BCUT2D eigenvalue weighted by atomic mass is 9.91. The maximum absolute atomic E-state index is 12.9. The molecule has 6 nitrogen and oxygen atoms in total. The number of amides is 1. The van der Waals surface area contributed by atoms with E-state index in [-0.39, 0.29) is 18.1 Å². The third-order valence-electron chi connectivity index (χ3n) is 5.75. The Balaban J connectivity index is 1.28. The zero-order chi connectivity index (χ0) is 17.1. The Morgan fingerprint density at radius 3 is 2.84 bits per heavy atom. The number of carbonyl (C=O) groups is 1. The molecule has 1 aromatic heterocycles. The van der Waals surface area contributed by atoms with Crippen LogP contribution in [0.2, 0.25) is 0 Å². The zero-order valence-corrected chi connectivity index (χ0v) is 14.8. The van der Waals surface area contributed by atoms with Gasteiger partial charge in [0.05, 0.1) is 6.04 Å². The summed E-state index contributed by atoms with van der Waals surface area (Å²) in [7, 11) is 0. The van der Waals surface area contributed by atoms with E-state index in [4.69, 9.17) is 4.74 Å². The van der Waals surface area contributed by atoms with Gasteiger partial charge in [-0.15, -0.1) is 0 Å². The summed E-state index contributed by atoms with van der Waals surface area (Å²) in [5.74, 6) is 0.871. The summed E-state index contributed by atoms with van der Waals surface area (Å²) in [6.07, 6.45) is 7.59. The third kappa shape index (κ3) is 3.96. The molecule has 136 valence electrons. The van der Waals surface area contributed by atoms with Gasteiger partial charge in [-0.05, 0) is 25.3 Å². The van der Waals surface area contributed by atoms with Crippen LogP contribution in [0.4, 0.5) is 0 Å². The molecule has 4 rings (SSSR count). The van der Waals surface area contributed by atoms with Gasteiger partial charge >= 0.3 is 0 Å². The van der Waals surface area contributed by atoms with Crippen LogP contribution < -0.4 is 10.1 Å². The van der Waals surface area contributed by atoms with Crippen molar-refractivity contribution in [2.75, 3.05) is 32.7 Å². The normalized spacial score (nSPS) is 28.4. The van der Waals surface area contributed by atoms with Crippen molar-refractivity contribution in [3.63, 3.8) is 0 Å². The van der Waals surface area contributed by atoms with Crippen molar-refractivity contribution >= 4 is 5.91 Å². The monoisotopic (exact) mass is 344 g/mol. The van der Waals surface area contributed by atoms with Crippen LogP contribution in [0, 0.1) is 0 Å². The highest BCUT2D eigenvalue weighted by Gasteiger charge is 2.35. The fourth-order valence-electron chi connectivity index (χ4n) is 4.06. The number of nitrogens with one attached hydrogen (secondary N) is 1. The van der Waals surface area contributed by atoms with Gasteiger partial charge in [-0.25, -0.2) is 4.98 Å². The maximum Gasteiger partial charge on any atom is 0.239 e. The number of hydrogen-bond donors (Lipinski definition) is 1. The summed E-state index contributed by atoms with van der Waals surface area (Å²) in [6.45, 7) is 4.61. The molecular weight excluding hydrogens is 316 g/mol. The standard InChI is InChI=1S/C19H28N4O2/c24-19(23-10-4-9-22(11-12-23)15-5-3-6-15)17-13-16(14-21-17)25-18-7-1-2-8-20-18/h1-2,7-8,15-17,21H,3-6,9-14H2/t16-,17+/m0/s1. The van der Waals surface area contributed by atoms with Crippen molar-refractivity contribution in [3.8, 4) is 5.88 Å². The van der Waals surface area contributed by atoms with Crippen molar-refractivity contribution in [1.29, 1.82) is 0 Å². The Morgan fingerprint density at radius 1 is 1.16 bits per heavy atom. The lowest BCUT2D eigenvalue weighted by Crippen LogP contribution is -2.46. The van der Waals surface area contributed by atoms with Crippen LogP contribution in [-0.2, 0) is 4.79 Å². The fourth-order valence-corrected chi connectivity index (χ4v) is 4.06. The van der Waals surface area contributed by atoms with E-state index in [1.807, 2.05) is 18.2 Å². The highest BCUT2D eigenvalue weighted by molar-refractivity contribution is 5.82. The Kier molecular flexibility index (Phi) is 5.17. The lowest BCUT2D eigenvalue weighted by molar-refractivity contribution is -0.133. The Labute approximate surface area is 149 Å². The predicted molar refractivity (Wildman–Crippen MR) is 95.5 cm³/mol. The second-order valence-electron chi connectivity index (χ2n) is 7.40. The van der Waals surface area contributed by atoms with Crippen molar-refractivity contribution in [2.24, 2.45) is 0 Å². The zero-order valence-electron chi connectivity index (χ0n) is 14.8. The molecule has 1 amide bonds. The van der Waals surface area contributed by atoms with Crippen LogP contribution in [-0.4, -0.2) is 71.6 Å². The van der Waals surface area contributed by atoms with Crippen LogP contribution in [0.3, 0.4) is 0 Å². The highest BCUT2D eigenvalue weighted by Crippen LogP contribution is 2.26. The molecule has 3 heterocycles. The molecule has 2 atom stereocenters. The van der Waals surface area contributed by atoms with Crippen molar-refractivity contribution in [3.05, 3.63) is 24.4 Å². The smallest absolute Gasteiger partial charge is 0.239 e. The molecule has 0 bridgehead atoms. The van der Waals surface area contributed by atoms with Crippen LogP contribution in [0.1, 0.15) is 32.1 Å². The Bertz CT molecular complexity index is 578. The number of rotatable bonds is 4. The van der Waals surface area contributed by atoms with E-state index in [9.17, 15) is 4.79 Å². The largest absolute Gasteiger partial charge is 0.473 e. The van der Waals surface area contributed by atoms with Crippen molar-refractivity contribution < 1.29 is 9.53 Å². The van der Waals surface area contributed by atoms with Crippen LogP contribution in [0.15, 0.2) is 24.4 Å². The van der Waals surface area contributed by atoms with E-state index in [1.54, 1.807) is 6.20 Å². The summed E-state index contributed by atoms with van der Waals surface area (Å²) in [6, 6.07) is 6.30. The second kappa shape index (κ2) is 7.70. The molecule has 2 aliphatic heterocycles. The summed E-state index contributed by atoms with van der Waals surface area (Å²) in [4.78, 5) is 21.7. The van der Waals surface area contributed by atoms with Crippen molar-refractivity contribution in [2.45, 2.75) is 50.3 Å². The molecule has 1 aliphatic carbocycles. The van der Waals surface area contributed by atoms with Gasteiger partial charge in [-0.2, -0.15) is 0 Å². The minimum atomic E-state index is -0.121. The number of ether oxygens (including phenoxy) is 1. The molecule has 3 aliphatic rings. The Morgan fingerprint density at radius 2 is 2.08 bits per heavy atom. The number of aromatic nitrogens is 1. The molecule has 3 fully saturated rings. The van der Waals surface area contributed by atoms with E-state index >= 15 is 0 Å². The summed E-state index contributed by atoms with van der Waals surface area (Å²) in [5.41, 5.74) is 0. The van der Waals surface area contributed by atoms with Crippen LogP contribution >= 0.6 is 0 Å². The molecule has 1 saturated carbocycles. The first-order chi connectivity index (χ1) is 12.3. The van der Waals surface area contributed by atoms with Gasteiger partial charge in [0.25, 0.3) is 0 Å². The van der Waals surface area contributed by atoms with Gasteiger partial charge in [0.1, 0.15) is 6.10 Å². The molecule has 0 radical (unpaired) electrons. The minimum Gasteiger partial charge on any atom is -0.473 e. The summed E-state index contributed by atoms with van der Waals surface area (Å²) >= 11 is 0. The molecule has 0 spiro atoms. The average Bonchev–Trinajstić information content (AvgIpc) is 2.91. The van der Waals surface area contributed by atoms with Gasteiger partial charge in [0.2, 0.25) is 11.8 Å². The number of hydrogen-bond acceptors (Lipinski definition) is 5. The molecule has 25 heavy (non-hydrogen) atoms. The minimum absolute atomic E-state index is 0.0160. The lowest BCUT2D eigenvalue weighted by Gasteiger charge is -2.36. The molecule has 0 aromatic carbocycles. The number of carbonyl (C=O) groups excluding carboxylic acids is 1. The maximum atomic E-state index is 12.9. The Hall–Kier alpha value is -1.66. The third-order valence-corrected chi connectivity index (χ3v) is 5.75. The number of nitrogens with zero attached hydrogens (tertiary/aromatic N) is 3. The van der Waals surface area contributed by atoms with E-state index in [1.165, 1.54) is 19.3 Å². The quantitative estimate of drug-likeness (QED) is 0.892. The van der Waals surface area contributed by atoms with Crippen LogP contribution in [0.5, 0.6) is 5.88 Å². The van der Waals surface area contributed by atoms with Gasteiger partial charge < -0.3 is 15.0 Å². The molecule has 2 saturated heterocycles. The van der Waals surface area contributed by atoms with Gasteiger partial charge in [-0.1, -0.05) is 12.5 Å². The topological polar surface area (TPSA) is 57.7 Å². The molecule has 1 aromatic rings. The summed E-state index contributed by atoms with van der Waals surface area (Å²) < 4.78 is 5.89. The predicted octanol–water partition coefficient (Wildman–Crippen LogP) is 1.28. The van der Waals surface area contributed by atoms with E-state index < -0.39 is 0 Å². The first kappa shape index (κ1) is 16.8. The van der Waals surface area contributed by atoms with Crippen molar-refractivity contribution in [1.82, 2.24) is 20.1 Å². The molecule has 6 heteroatoms. The SMILES string of the molecule is O=C([C@H]1C[C@H](Oc2ccccn2)CN1)N1CCCN(C2CCC2)CC1. The molecule has 1 N–H and O–H groups in total. The first-order valence-corrected chi connectivity index (χ1v) is 9.63. The average molecular weight is 344 g/mol. The number of pyridine rings is 1. The van der Waals surface area contributed by atoms with Gasteiger partial charge in [0.15, 0.2) is 0 Å². The molecular formula is C19H28N4O2. The van der Waals surface area contributed by atoms with E-state index in [0.29, 0.717) is 12.4 Å². The molecule has 0 unspecified atom stereocenters. The second-order valence-corrected chi connectivity index (χ2v) is 7.40. The highest BCUT2D eigenvalue weighted by atomic mass is 16.5. The van der Waals surface area contributed by atoms with E-state index in [2.05, 4.69) is 20.1 Å². The van der Waals surface area contributed by atoms with E-state index in [0.717, 1.165) is 45.1 Å². The van der Waals surface area contributed by atoms with Gasteiger partial charge in [-0.3, -0.25) is 9.69 Å².